The van der Waals surface area contributed by atoms with E-state index in [1.807, 2.05) is 11.6 Å². The first-order chi connectivity index (χ1) is 8.19. The van der Waals surface area contributed by atoms with E-state index in [4.69, 9.17) is 15.2 Å². The number of hydrogen-bond acceptors (Lipinski definition) is 5. The van der Waals surface area contributed by atoms with Gasteiger partial charge in [-0.25, -0.2) is 4.68 Å². The average Bonchev–Trinajstić information content (AvgIpc) is 2.78. The predicted octanol–water partition coefficient (Wildman–Crippen LogP) is 1.04. The SMILES string of the molecule is CCC(COC)n1nnc(CN)c1C(C)OC. The van der Waals surface area contributed by atoms with Gasteiger partial charge in [0.25, 0.3) is 0 Å². The van der Waals surface area contributed by atoms with Gasteiger partial charge in [0.1, 0.15) is 5.69 Å². The molecule has 0 aromatic carbocycles. The van der Waals surface area contributed by atoms with Gasteiger partial charge in [-0.2, -0.15) is 0 Å². The highest BCUT2D eigenvalue weighted by Gasteiger charge is 2.22. The molecule has 0 aliphatic heterocycles. The second-order valence-corrected chi connectivity index (χ2v) is 3.97. The molecule has 1 aromatic rings. The molecule has 0 spiro atoms. The second-order valence-electron chi connectivity index (χ2n) is 3.97. The first-order valence-corrected chi connectivity index (χ1v) is 5.85. The maximum Gasteiger partial charge on any atom is 0.102 e. The Morgan fingerprint density at radius 2 is 2.12 bits per heavy atom. The zero-order valence-corrected chi connectivity index (χ0v) is 11.0. The Hall–Kier alpha value is -0.980. The van der Waals surface area contributed by atoms with E-state index in [0.29, 0.717) is 13.2 Å². The Morgan fingerprint density at radius 1 is 1.41 bits per heavy atom. The van der Waals surface area contributed by atoms with Crippen LogP contribution < -0.4 is 5.73 Å². The van der Waals surface area contributed by atoms with Crippen LogP contribution in [0, 0.1) is 0 Å². The third-order valence-corrected chi connectivity index (χ3v) is 2.91. The number of nitrogens with two attached hydrogens (primary N) is 1. The molecule has 2 unspecified atom stereocenters. The van der Waals surface area contributed by atoms with Crippen LogP contribution in [0.25, 0.3) is 0 Å². The first-order valence-electron chi connectivity index (χ1n) is 5.85. The van der Waals surface area contributed by atoms with E-state index in [2.05, 4.69) is 17.2 Å². The Morgan fingerprint density at radius 3 is 2.59 bits per heavy atom. The number of methoxy groups -OCH3 is 2. The van der Waals surface area contributed by atoms with Crippen molar-refractivity contribution in [1.82, 2.24) is 15.0 Å². The minimum atomic E-state index is -0.0746. The van der Waals surface area contributed by atoms with Crippen molar-refractivity contribution in [3.8, 4) is 0 Å². The molecule has 2 atom stereocenters. The van der Waals surface area contributed by atoms with E-state index in [9.17, 15) is 0 Å². The molecule has 1 heterocycles. The second kappa shape index (κ2) is 6.68. The molecule has 17 heavy (non-hydrogen) atoms. The summed E-state index contributed by atoms with van der Waals surface area (Å²) < 4.78 is 12.4. The topological polar surface area (TPSA) is 75.2 Å². The Bertz CT molecular complexity index is 340. The van der Waals surface area contributed by atoms with Crippen molar-refractivity contribution < 1.29 is 9.47 Å². The van der Waals surface area contributed by atoms with E-state index in [0.717, 1.165) is 17.8 Å². The Kier molecular flexibility index (Phi) is 5.54. The van der Waals surface area contributed by atoms with Crippen LogP contribution in [0.1, 0.15) is 43.8 Å². The lowest BCUT2D eigenvalue weighted by molar-refractivity contribution is 0.0987. The molecular formula is C11H22N4O2. The monoisotopic (exact) mass is 242 g/mol. The normalized spacial score (nSPS) is 14.9. The van der Waals surface area contributed by atoms with E-state index < -0.39 is 0 Å². The molecule has 0 radical (unpaired) electrons. The molecule has 0 saturated carbocycles. The van der Waals surface area contributed by atoms with Crippen molar-refractivity contribution in [3.05, 3.63) is 11.4 Å². The van der Waals surface area contributed by atoms with Gasteiger partial charge < -0.3 is 15.2 Å². The zero-order valence-electron chi connectivity index (χ0n) is 11.0. The van der Waals surface area contributed by atoms with E-state index in [-0.39, 0.29) is 12.1 Å². The van der Waals surface area contributed by atoms with E-state index in [1.165, 1.54) is 0 Å². The van der Waals surface area contributed by atoms with Crippen LogP contribution in [0.4, 0.5) is 0 Å². The van der Waals surface area contributed by atoms with Crippen molar-refractivity contribution in [2.75, 3.05) is 20.8 Å². The number of hydrogen-bond donors (Lipinski definition) is 1. The standard InChI is InChI=1S/C11H22N4O2/c1-5-9(7-16-3)15-11(8(2)17-4)10(6-12)13-14-15/h8-9H,5-7,12H2,1-4H3. The number of nitrogens with zero attached hydrogens (tertiary/aromatic N) is 3. The van der Waals surface area contributed by atoms with Crippen LogP contribution >= 0.6 is 0 Å². The molecule has 2 N–H and O–H groups in total. The molecule has 1 aromatic heterocycles. The van der Waals surface area contributed by atoms with Gasteiger partial charge in [-0.15, -0.1) is 5.10 Å². The summed E-state index contributed by atoms with van der Waals surface area (Å²) in [7, 11) is 3.35. The molecule has 98 valence electrons. The lowest BCUT2D eigenvalue weighted by Gasteiger charge is -2.19. The predicted molar refractivity (Wildman–Crippen MR) is 64.5 cm³/mol. The van der Waals surface area contributed by atoms with Crippen LogP contribution in [0.3, 0.4) is 0 Å². The van der Waals surface area contributed by atoms with Crippen molar-refractivity contribution in [2.45, 2.75) is 39.0 Å². The molecule has 0 aliphatic rings. The van der Waals surface area contributed by atoms with Crippen LogP contribution in [0.2, 0.25) is 0 Å². The molecule has 0 bridgehead atoms. The number of rotatable bonds is 7. The fraction of sp³-hybridized carbons (Fsp3) is 0.818. The van der Waals surface area contributed by atoms with Crippen molar-refractivity contribution >= 4 is 0 Å². The minimum absolute atomic E-state index is 0.0746. The highest BCUT2D eigenvalue weighted by atomic mass is 16.5. The third-order valence-electron chi connectivity index (χ3n) is 2.91. The summed E-state index contributed by atoms with van der Waals surface area (Å²) in [4.78, 5) is 0. The minimum Gasteiger partial charge on any atom is -0.382 e. The van der Waals surface area contributed by atoms with Crippen molar-refractivity contribution in [2.24, 2.45) is 5.73 Å². The van der Waals surface area contributed by atoms with Crippen LogP contribution in [-0.4, -0.2) is 35.8 Å². The Balaban J connectivity index is 3.09. The summed E-state index contributed by atoms with van der Waals surface area (Å²) in [5.41, 5.74) is 7.40. The summed E-state index contributed by atoms with van der Waals surface area (Å²) in [5, 5.41) is 8.28. The third kappa shape index (κ3) is 3.02. The molecule has 6 heteroatoms. The van der Waals surface area contributed by atoms with Gasteiger partial charge in [-0.05, 0) is 13.3 Å². The average molecular weight is 242 g/mol. The molecular weight excluding hydrogens is 220 g/mol. The molecule has 6 nitrogen and oxygen atoms in total. The quantitative estimate of drug-likeness (QED) is 0.773. The van der Waals surface area contributed by atoms with Crippen molar-refractivity contribution in [3.63, 3.8) is 0 Å². The highest BCUT2D eigenvalue weighted by molar-refractivity contribution is 5.13. The maximum absolute atomic E-state index is 5.67. The van der Waals surface area contributed by atoms with Gasteiger partial charge >= 0.3 is 0 Å². The van der Waals surface area contributed by atoms with Crippen molar-refractivity contribution in [1.29, 1.82) is 0 Å². The van der Waals surface area contributed by atoms with E-state index in [1.54, 1.807) is 14.2 Å². The maximum atomic E-state index is 5.67. The van der Waals surface area contributed by atoms with Gasteiger partial charge in [-0.3, -0.25) is 0 Å². The first kappa shape index (κ1) is 14.1. The van der Waals surface area contributed by atoms with Crippen LogP contribution in [-0.2, 0) is 16.0 Å². The van der Waals surface area contributed by atoms with Gasteiger partial charge in [-0.1, -0.05) is 12.1 Å². The molecule has 0 fully saturated rings. The Labute approximate surface area is 102 Å². The van der Waals surface area contributed by atoms with Crippen LogP contribution in [0.15, 0.2) is 0 Å². The molecule has 0 saturated heterocycles. The number of aromatic nitrogens is 3. The highest BCUT2D eigenvalue weighted by Crippen LogP contribution is 2.23. The molecule has 0 aliphatic carbocycles. The fourth-order valence-corrected chi connectivity index (χ4v) is 1.84. The smallest absolute Gasteiger partial charge is 0.102 e. The van der Waals surface area contributed by atoms with E-state index >= 15 is 0 Å². The lowest BCUT2D eigenvalue weighted by atomic mass is 10.1. The summed E-state index contributed by atoms with van der Waals surface area (Å²) in [6.07, 6.45) is 0.847. The largest absolute Gasteiger partial charge is 0.382 e. The summed E-state index contributed by atoms with van der Waals surface area (Å²) in [5.74, 6) is 0. The summed E-state index contributed by atoms with van der Waals surface area (Å²) >= 11 is 0. The molecule has 1 rings (SSSR count). The van der Waals surface area contributed by atoms with Gasteiger partial charge in [0, 0.05) is 20.8 Å². The zero-order chi connectivity index (χ0) is 12.8. The summed E-state index contributed by atoms with van der Waals surface area (Å²) in [6.45, 7) is 5.03. The lowest BCUT2D eigenvalue weighted by Crippen LogP contribution is -2.20. The van der Waals surface area contributed by atoms with Gasteiger partial charge in [0.2, 0.25) is 0 Å². The number of ether oxygens (including phenoxy) is 2. The fourth-order valence-electron chi connectivity index (χ4n) is 1.84. The van der Waals surface area contributed by atoms with Gasteiger partial charge in [0.15, 0.2) is 0 Å². The van der Waals surface area contributed by atoms with Crippen LogP contribution in [0.5, 0.6) is 0 Å². The van der Waals surface area contributed by atoms with Gasteiger partial charge in [0.05, 0.1) is 24.4 Å². The summed E-state index contributed by atoms with van der Waals surface area (Å²) in [6, 6.07) is 0.167. The molecule has 0 amide bonds.